The van der Waals surface area contributed by atoms with Gasteiger partial charge in [-0.2, -0.15) is 0 Å². The van der Waals surface area contributed by atoms with Crippen LogP contribution in [0.2, 0.25) is 0 Å². The lowest BCUT2D eigenvalue weighted by molar-refractivity contribution is -0.124. The number of aryl methyl sites for hydroxylation is 1. The summed E-state index contributed by atoms with van der Waals surface area (Å²) < 4.78 is 9.93. The van der Waals surface area contributed by atoms with Gasteiger partial charge in [0, 0.05) is 18.7 Å². The maximum atomic E-state index is 11.5. The van der Waals surface area contributed by atoms with Gasteiger partial charge in [-0.25, -0.2) is 0 Å². The minimum absolute atomic E-state index is 0.0184. The van der Waals surface area contributed by atoms with Gasteiger partial charge in [-0.05, 0) is 24.9 Å². The summed E-state index contributed by atoms with van der Waals surface area (Å²) in [6.45, 7) is 3.65. The van der Waals surface area contributed by atoms with E-state index >= 15 is 0 Å². The number of carbonyl (C=O) groups is 1. The van der Waals surface area contributed by atoms with Crippen molar-refractivity contribution in [1.82, 2.24) is 10.5 Å². The molecule has 6 nitrogen and oxygen atoms in total. The second kappa shape index (κ2) is 6.90. The number of hydrogen-bond acceptors (Lipinski definition) is 5. The molecule has 1 atom stereocenters. The van der Waals surface area contributed by atoms with Crippen LogP contribution in [0.3, 0.4) is 0 Å². The second-order valence-electron chi connectivity index (χ2n) is 3.75. The molecule has 0 saturated carbocycles. The van der Waals surface area contributed by atoms with E-state index in [4.69, 9.17) is 14.4 Å². The Kier molecular flexibility index (Phi) is 5.48. The van der Waals surface area contributed by atoms with Gasteiger partial charge in [0.1, 0.15) is 5.76 Å². The van der Waals surface area contributed by atoms with E-state index < -0.39 is 0 Å². The Balaban J connectivity index is 2.29. The van der Waals surface area contributed by atoms with Crippen molar-refractivity contribution in [3.8, 4) is 5.88 Å². The number of nitrogens with one attached hydrogen (secondary N) is 1. The monoisotopic (exact) mass is 242 g/mol. The Hall–Kier alpha value is -1.56. The maximum Gasteiger partial charge on any atom is 0.258 e. The van der Waals surface area contributed by atoms with Crippen molar-refractivity contribution in [2.45, 2.75) is 32.7 Å². The highest BCUT2D eigenvalue weighted by Crippen LogP contribution is 2.09. The Morgan fingerprint density at radius 3 is 3.00 bits per heavy atom. The first-order chi connectivity index (χ1) is 8.15. The van der Waals surface area contributed by atoms with Crippen molar-refractivity contribution < 1.29 is 19.2 Å². The summed E-state index contributed by atoms with van der Waals surface area (Å²) in [6, 6.07) is 1.59. The van der Waals surface area contributed by atoms with Gasteiger partial charge in [-0.1, -0.05) is 6.92 Å². The molecule has 1 aromatic rings. The van der Waals surface area contributed by atoms with E-state index in [0.717, 1.165) is 6.42 Å². The molecule has 0 aliphatic heterocycles. The largest absolute Gasteiger partial charge is 0.465 e. The molecule has 0 aliphatic rings. The van der Waals surface area contributed by atoms with Crippen LogP contribution >= 0.6 is 0 Å². The average Bonchev–Trinajstić information content (AvgIpc) is 2.72. The van der Waals surface area contributed by atoms with Crippen LogP contribution in [0.4, 0.5) is 0 Å². The molecule has 1 unspecified atom stereocenters. The van der Waals surface area contributed by atoms with Crippen molar-refractivity contribution in [2.24, 2.45) is 0 Å². The van der Waals surface area contributed by atoms with E-state index in [-0.39, 0.29) is 25.2 Å². The topological polar surface area (TPSA) is 84.6 Å². The van der Waals surface area contributed by atoms with E-state index in [1.807, 2.05) is 6.92 Å². The number of aliphatic hydroxyl groups is 1. The Labute approximate surface area is 99.9 Å². The lowest BCUT2D eigenvalue weighted by Crippen LogP contribution is -2.38. The predicted molar refractivity (Wildman–Crippen MR) is 60.7 cm³/mol. The molecule has 0 saturated heterocycles. The molecule has 0 fully saturated rings. The number of ether oxygens (including phenoxy) is 1. The van der Waals surface area contributed by atoms with Crippen LogP contribution in [0.1, 0.15) is 25.5 Å². The van der Waals surface area contributed by atoms with Crippen LogP contribution in [0.5, 0.6) is 5.88 Å². The Morgan fingerprint density at radius 2 is 2.47 bits per heavy atom. The molecule has 17 heavy (non-hydrogen) atoms. The van der Waals surface area contributed by atoms with Gasteiger partial charge in [0.2, 0.25) is 0 Å². The molecule has 0 aliphatic carbocycles. The highest BCUT2D eigenvalue weighted by molar-refractivity contribution is 5.77. The van der Waals surface area contributed by atoms with Gasteiger partial charge < -0.3 is 19.7 Å². The fourth-order valence-corrected chi connectivity index (χ4v) is 1.35. The quantitative estimate of drug-likeness (QED) is 0.733. The zero-order valence-electron chi connectivity index (χ0n) is 10.1. The van der Waals surface area contributed by atoms with Crippen LogP contribution in [0.15, 0.2) is 10.6 Å². The van der Waals surface area contributed by atoms with E-state index in [0.29, 0.717) is 18.1 Å². The van der Waals surface area contributed by atoms with Crippen LogP contribution in [0, 0.1) is 6.92 Å². The maximum absolute atomic E-state index is 11.5. The molecule has 1 rings (SSSR count). The number of amides is 1. The summed E-state index contributed by atoms with van der Waals surface area (Å²) in [5.74, 6) is 0.700. The smallest absolute Gasteiger partial charge is 0.258 e. The van der Waals surface area contributed by atoms with Crippen molar-refractivity contribution in [3.63, 3.8) is 0 Å². The van der Waals surface area contributed by atoms with Crippen molar-refractivity contribution in [3.05, 3.63) is 11.8 Å². The van der Waals surface area contributed by atoms with Crippen LogP contribution in [-0.2, 0) is 4.79 Å². The first kappa shape index (κ1) is 13.5. The zero-order chi connectivity index (χ0) is 12.7. The lowest BCUT2D eigenvalue weighted by Gasteiger charge is -2.15. The van der Waals surface area contributed by atoms with Crippen molar-refractivity contribution in [2.75, 3.05) is 13.2 Å². The van der Waals surface area contributed by atoms with Crippen LogP contribution < -0.4 is 10.1 Å². The molecule has 0 radical (unpaired) electrons. The summed E-state index contributed by atoms with van der Waals surface area (Å²) >= 11 is 0. The third-order valence-corrected chi connectivity index (χ3v) is 2.29. The van der Waals surface area contributed by atoms with Gasteiger partial charge in [-0.15, -0.1) is 0 Å². The summed E-state index contributed by atoms with van der Waals surface area (Å²) in [5.41, 5.74) is 0. The molecular weight excluding hydrogens is 224 g/mol. The van der Waals surface area contributed by atoms with E-state index in [2.05, 4.69) is 10.5 Å². The van der Waals surface area contributed by atoms with Crippen LogP contribution in [-0.4, -0.2) is 35.4 Å². The van der Waals surface area contributed by atoms with Gasteiger partial charge in [0.05, 0.1) is 0 Å². The van der Waals surface area contributed by atoms with E-state index in [9.17, 15) is 4.79 Å². The SMILES string of the molecule is CCC(CCO)NC(=O)COc1cc(C)on1. The van der Waals surface area contributed by atoms with Crippen molar-refractivity contribution in [1.29, 1.82) is 0 Å². The van der Waals surface area contributed by atoms with E-state index in [1.54, 1.807) is 13.0 Å². The van der Waals surface area contributed by atoms with Gasteiger partial charge >= 0.3 is 0 Å². The fourth-order valence-electron chi connectivity index (χ4n) is 1.35. The summed E-state index contributed by atoms with van der Waals surface area (Å²) in [5, 5.41) is 15.2. The average molecular weight is 242 g/mol. The standard InChI is InChI=1S/C11H18N2O4/c1-3-9(4-5-14)12-10(15)7-16-11-6-8(2)17-13-11/h6,9,14H,3-5,7H2,1-2H3,(H,12,15). The predicted octanol–water partition coefficient (Wildman–Crippen LogP) is 0.639. The minimum Gasteiger partial charge on any atom is -0.465 e. The summed E-state index contributed by atoms with van der Waals surface area (Å²) in [6.07, 6.45) is 1.32. The molecular formula is C11H18N2O4. The third kappa shape index (κ3) is 4.86. The molecule has 1 amide bonds. The number of hydrogen-bond donors (Lipinski definition) is 2. The summed E-state index contributed by atoms with van der Waals surface area (Å²) in [4.78, 5) is 11.5. The highest BCUT2D eigenvalue weighted by atomic mass is 16.5. The van der Waals surface area contributed by atoms with Gasteiger partial charge in [0.25, 0.3) is 11.8 Å². The molecule has 1 aromatic heterocycles. The molecule has 0 bridgehead atoms. The number of carbonyl (C=O) groups excluding carboxylic acids is 1. The zero-order valence-corrected chi connectivity index (χ0v) is 10.1. The van der Waals surface area contributed by atoms with Crippen molar-refractivity contribution >= 4 is 5.91 Å². The number of aromatic nitrogens is 1. The lowest BCUT2D eigenvalue weighted by atomic mass is 10.1. The van der Waals surface area contributed by atoms with E-state index in [1.165, 1.54) is 0 Å². The second-order valence-corrected chi connectivity index (χ2v) is 3.75. The first-order valence-corrected chi connectivity index (χ1v) is 5.62. The highest BCUT2D eigenvalue weighted by Gasteiger charge is 2.11. The van der Waals surface area contributed by atoms with Gasteiger partial charge in [-0.3, -0.25) is 4.79 Å². The molecule has 96 valence electrons. The fraction of sp³-hybridized carbons (Fsp3) is 0.636. The van der Waals surface area contributed by atoms with Gasteiger partial charge in [0.15, 0.2) is 6.61 Å². The molecule has 0 spiro atoms. The number of nitrogens with zero attached hydrogens (tertiary/aromatic N) is 1. The molecule has 2 N–H and O–H groups in total. The Morgan fingerprint density at radius 1 is 1.71 bits per heavy atom. The van der Waals surface area contributed by atoms with Crippen LogP contribution in [0.25, 0.3) is 0 Å². The third-order valence-electron chi connectivity index (χ3n) is 2.29. The Bertz CT molecular complexity index is 351. The molecule has 1 heterocycles. The number of rotatable bonds is 7. The number of aliphatic hydroxyl groups excluding tert-OH is 1. The minimum atomic E-state index is -0.231. The summed E-state index contributed by atoms with van der Waals surface area (Å²) in [7, 11) is 0. The first-order valence-electron chi connectivity index (χ1n) is 5.62. The normalized spacial score (nSPS) is 12.2. The molecule has 6 heteroatoms. The molecule has 0 aromatic carbocycles.